The lowest BCUT2D eigenvalue weighted by molar-refractivity contribution is -0.492. The largest absolute Gasteiger partial charge is 0.500 e. The normalized spacial score (nSPS) is 17.3. The fraction of sp³-hybridized carbons (Fsp3) is 0.514. The molecule has 0 bridgehead atoms. The summed E-state index contributed by atoms with van der Waals surface area (Å²) in [7, 11) is 5.84. The van der Waals surface area contributed by atoms with Gasteiger partial charge in [-0.25, -0.2) is 4.58 Å². The van der Waals surface area contributed by atoms with E-state index < -0.39 is 0 Å². The van der Waals surface area contributed by atoms with Crippen molar-refractivity contribution in [1.82, 2.24) is 4.98 Å². The van der Waals surface area contributed by atoms with E-state index in [0.717, 1.165) is 65.6 Å². The van der Waals surface area contributed by atoms with Gasteiger partial charge in [0.1, 0.15) is 30.7 Å². The van der Waals surface area contributed by atoms with Crippen LogP contribution in [0, 0.1) is 13.8 Å². The van der Waals surface area contributed by atoms with Crippen LogP contribution in [-0.2, 0) is 4.74 Å². The monoisotopic (exact) mass is 557 g/mol. The minimum Gasteiger partial charge on any atom is -0.500 e. The molecule has 1 aliphatic carbocycles. The van der Waals surface area contributed by atoms with Crippen molar-refractivity contribution in [3.05, 3.63) is 70.0 Å². The Morgan fingerprint density at radius 1 is 1.12 bits per heavy atom. The zero-order valence-corrected chi connectivity index (χ0v) is 26.3. The maximum atomic E-state index is 13.1. The number of aromatic nitrogens is 1. The summed E-state index contributed by atoms with van der Waals surface area (Å²) in [4.78, 5) is 20.0. The van der Waals surface area contributed by atoms with Crippen LogP contribution in [0.4, 0.5) is 11.4 Å². The first-order chi connectivity index (χ1) is 19.7. The highest BCUT2D eigenvalue weighted by Gasteiger charge is 2.23. The number of carbonyl (C=O) groups excluding carboxylic acids is 1. The molecule has 0 saturated heterocycles. The number of pyridine rings is 1. The molecular weight excluding hydrogens is 508 g/mol. The van der Waals surface area contributed by atoms with Gasteiger partial charge in [0.2, 0.25) is 0 Å². The molecule has 1 aromatic heterocycles. The molecule has 3 aliphatic rings. The third-order valence-corrected chi connectivity index (χ3v) is 8.33. The maximum absolute atomic E-state index is 13.1. The Morgan fingerprint density at radius 3 is 2.49 bits per heavy atom. The number of benzene rings is 1. The van der Waals surface area contributed by atoms with E-state index in [9.17, 15) is 4.79 Å². The number of rotatable bonds is 8. The van der Waals surface area contributed by atoms with E-state index in [-0.39, 0.29) is 5.78 Å². The van der Waals surface area contributed by atoms with E-state index in [1.807, 2.05) is 26.1 Å². The summed E-state index contributed by atoms with van der Waals surface area (Å²) in [5.41, 5.74) is 8.37. The lowest BCUT2D eigenvalue weighted by atomic mass is 9.96. The number of allylic oxidation sites excluding steroid dienone is 2. The zero-order valence-electron chi connectivity index (χ0n) is 26.3. The minimum absolute atomic E-state index is 0.150. The predicted octanol–water partition coefficient (Wildman–Crippen LogP) is 8.00. The molecule has 6 nitrogen and oxygen atoms in total. The van der Waals surface area contributed by atoms with Gasteiger partial charge in [0.15, 0.2) is 12.0 Å². The molecule has 0 radical (unpaired) electrons. The molecule has 0 unspecified atom stereocenters. The highest BCUT2D eigenvalue weighted by molar-refractivity contribution is 6.08. The number of anilines is 2. The molecule has 6 heteroatoms. The van der Waals surface area contributed by atoms with E-state index >= 15 is 0 Å². The molecule has 1 aromatic carbocycles. The number of aryl methyl sites for hydroxylation is 2. The van der Waals surface area contributed by atoms with Crippen LogP contribution in [0.25, 0.3) is 5.57 Å². The Hall–Kier alpha value is -3.41. The quantitative estimate of drug-likeness (QED) is 0.202. The molecule has 1 fully saturated rings. The lowest BCUT2D eigenvalue weighted by Crippen LogP contribution is -2.18. The first-order valence-electron chi connectivity index (χ1n) is 15.4. The van der Waals surface area contributed by atoms with E-state index in [2.05, 4.69) is 67.0 Å². The third kappa shape index (κ3) is 7.66. The van der Waals surface area contributed by atoms with Crippen molar-refractivity contribution in [2.24, 2.45) is 0 Å². The van der Waals surface area contributed by atoms with Crippen molar-refractivity contribution in [3.8, 4) is 0 Å². The number of nitrogens with zero attached hydrogens (tertiary/aromatic N) is 3. The van der Waals surface area contributed by atoms with Gasteiger partial charge in [0, 0.05) is 24.7 Å². The molecular formula is C35H49N4O2+. The number of methoxy groups -OCH3 is 1. The number of fused-ring (bicyclic) bond motifs is 1. The van der Waals surface area contributed by atoms with Gasteiger partial charge in [-0.2, -0.15) is 0 Å². The molecule has 0 spiro atoms. The number of hydrogen-bond donors (Lipinski definition) is 1. The summed E-state index contributed by atoms with van der Waals surface area (Å²) >= 11 is 0. The Labute approximate surface area is 247 Å². The smallest absolute Gasteiger partial charge is 0.176 e. The number of nitrogens with one attached hydrogen (secondary N) is 1. The van der Waals surface area contributed by atoms with Crippen LogP contribution < -0.4 is 10.2 Å². The summed E-state index contributed by atoms with van der Waals surface area (Å²) in [5, 5.41) is 3.54. The van der Waals surface area contributed by atoms with Crippen LogP contribution in [0.15, 0.2) is 41.9 Å². The van der Waals surface area contributed by atoms with Gasteiger partial charge in [-0.3, -0.25) is 9.78 Å². The number of ketones is 1. The van der Waals surface area contributed by atoms with Gasteiger partial charge in [-0.05, 0) is 74.1 Å². The van der Waals surface area contributed by atoms with E-state index in [4.69, 9.17) is 9.72 Å². The van der Waals surface area contributed by atoms with Crippen LogP contribution >= 0.6 is 0 Å². The van der Waals surface area contributed by atoms with Gasteiger partial charge in [-0.15, -0.1) is 0 Å². The Kier molecular flexibility index (Phi) is 10.4. The third-order valence-electron chi connectivity index (χ3n) is 8.33. The second kappa shape index (κ2) is 14.0. The second-order valence-corrected chi connectivity index (χ2v) is 12.0. The number of hydrogen-bond acceptors (Lipinski definition) is 5. The summed E-state index contributed by atoms with van der Waals surface area (Å²) in [5.74, 6) is 2.64. The maximum Gasteiger partial charge on any atom is 0.176 e. The van der Waals surface area contributed by atoms with Gasteiger partial charge in [0.25, 0.3) is 0 Å². The zero-order chi connectivity index (χ0) is 29.5. The summed E-state index contributed by atoms with van der Waals surface area (Å²) < 4.78 is 7.74. The number of Topliss-reactive ketones (excluding diaryl/α,β-unsaturated/α-hetero) is 1. The van der Waals surface area contributed by atoms with E-state index in [1.54, 1.807) is 7.11 Å². The van der Waals surface area contributed by atoms with Crippen molar-refractivity contribution >= 4 is 28.9 Å². The molecule has 5 rings (SSSR count). The van der Waals surface area contributed by atoms with Crippen LogP contribution in [0.3, 0.4) is 0 Å². The van der Waals surface area contributed by atoms with Crippen LogP contribution in [0.2, 0.25) is 0 Å². The first kappa shape index (κ1) is 30.5. The standard InChI is InChI=1S/C30H39N4O2.C5H10/c1-19(2)23-17-27-26(14-20(23)3)32-30(34(27)6)11-9-8-10-28(35)22-15-21(4)31-25(16-22)24-18-33(5)13-12-29(24)36-7;1-2-4-5-3-1/h11,14-19,32H,8-10,12-13H2,1-7H3;1-5H2/q+1;/b30-11-;. The fourth-order valence-electron chi connectivity index (χ4n) is 5.94. The molecule has 0 amide bonds. The summed E-state index contributed by atoms with van der Waals surface area (Å²) in [6.45, 7) is 9.49. The molecule has 1 saturated carbocycles. The van der Waals surface area contributed by atoms with Gasteiger partial charge in [-0.1, -0.05) is 46.0 Å². The second-order valence-electron chi connectivity index (χ2n) is 12.0. The van der Waals surface area contributed by atoms with E-state index in [1.165, 1.54) is 48.9 Å². The molecule has 220 valence electrons. The highest BCUT2D eigenvalue weighted by atomic mass is 16.5. The summed E-state index contributed by atoms with van der Waals surface area (Å²) in [6, 6.07) is 8.33. The number of carbonyl (C=O) groups is 1. The average molecular weight is 558 g/mol. The Bertz CT molecular complexity index is 1340. The highest BCUT2D eigenvalue weighted by Crippen LogP contribution is 2.39. The molecule has 0 atom stereocenters. The average Bonchev–Trinajstić information content (AvgIpc) is 3.62. The molecule has 41 heavy (non-hydrogen) atoms. The van der Waals surface area contributed by atoms with Crippen molar-refractivity contribution in [3.63, 3.8) is 0 Å². The van der Waals surface area contributed by atoms with Crippen molar-refractivity contribution in [2.75, 3.05) is 38.0 Å². The van der Waals surface area contributed by atoms with Crippen molar-refractivity contribution < 1.29 is 14.1 Å². The van der Waals surface area contributed by atoms with Crippen LogP contribution in [0.5, 0.6) is 0 Å². The van der Waals surface area contributed by atoms with Gasteiger partial charge < -0.3 is 15.0 Å². The van der Waals surface area contributed by atoms with Crippen molar-refractivity contribution in [2.45, 2.75) is 91.4 Å². The lowest BCUT2D eigenvalue weighted by Gasteiger charge is -2.16. The van der Waals surface area contributed by atoms with E-state index in [0.29, 0.717) is 12.3 Å². The Morgan fingerprint density at radius 2 is 1.83 bits per heavy atom. The fourth-order valence-corrected chi connectivity index (χ4v) is 5.94. The van der Waals surface area contributed by atoms with Gasteiger partial charge in [0.05, 0.1) is 30.6 Å². The predicted molar refractivity (Wildman–Crippen MR) is 171 cm³/mol. The molecule has 2 aliphatic heterocycles. The van der Waals surface area contributed by atoms with Gasteiger partial charge >= 0.3 is 0 Å². The van der Waals surface area contributed by atoms with Crippen molar-refractivity contribution in [1.29, 1.82) is 0 Å². The SMILES string of the molecule is C1CCCC1.COC1=C(c2cc(C(=O)CCC/C=C3/Nc4cc(C)c(C(C)C)cc4N3C)cc(C)n2)C=[N+](C)CC1. The minimum atomic E-state index is 0.150. The molecule has 1 N–H and O–H groups in total. The van der Waals surface area contributed by atoms with Crippen LogP contribution in [0.1, 0.15) is 110 Å². The topological polar surface area (TPSA) is 57.5 Å². The summed E-state index contributed by atoms with van der Waals surface area (Å²) in [6.07, 6.45) is 14.7. The Balaban J connectivity index is 0.000000699. The number of ether oxygens (including phenoxy) is 1. The number of unbranched alkanes of at least 4 members (excludes halogenated alkanes) is 1. The first-order valence-corrected chi connectivity index (χ1v) is 15.4. The molecule has 3 heterocycles. The van der Waals surface area contributed by atoms with Crippen LogP contribution in [-0.4, -0.2) is 49.3 Å². The molecule has 2 aromatic rings.